The van der Waals surface area contributed by atoms with Crippen LogP contribution in [0.15, 0.2) is 0 Å². The molecule has 1 N–H and O–H groups in total. The molecule has 1 heterocycles. The van der Waals surface area contributed by atoms with Crippen molar-refractivity contribution in [1.29, 1.82) is 0 Å². The maximum atomic E-state index is 11.1. The number of thioether (sulfide) groups is 1. The molecule has 1 saturated heterocycles. The molecule has 0 aromatic carbocycles. The zero-order chi connectivity index (χ0) is 9.35. The molecule has 0 saturated carbocycles. The van der Waals surface area contributed by atoms with Crippen molar-refractivity contribution in [3.05, 3.63) is 0 Å². The molecule has 0 aromatic heterocycles. The van der Waals surface area contributed by atoms with E-state index in [0.29, 0.717) is 6.42 Å². The van der Waals surface area contributed by atoms with Crippen LogP contribution >= 0.6 is 11.8 Å². The second-order valence-electron chi connectivity index (χ2n) is 3.84. The molecule has 0 spiro atoms. The minimum Gasteiger partial charge on any atom is -0.295 e. The molecule has 0 aromatic rings. The first kappa shape index (κ1) is 9.58. The molecule has 3 nitrogen and oxygen atoms in total. The lowest BCUT2D eigenvalue weighted by atomic mass is 10.3. The van der Waals surface area contributed by atoms with Crippen molar-refractivity contribution in [1.82, 2.24) is 5.32 Å². The summed E-state index contributed by atoms with van der Waals surface area (Å²) >= 11 is 1.54. The number of carbonyl (C=O) groups excluding carboxylic acids is 2. The molecule has 1 atom stereocenters. The Balaban J connectivity index is 2.54. The van der Waals surface area contributed by atoms with Crippen molar-refractivity contribution < 1.29 is 9.59 Å². The third-order valence-electron chi connectivity index (χ3n) is 1.42. The largest absolute Gasteiger partial charge is 0.295 e. The van der Waals surface area contributed by atoms with Crippen LogP contribution in [0.3, 0.4) is 0 Å². The summed E-state index contributed by atoms with van der Waals surface area (Å²) < 4.78 is 0.0344. The molecule has 12 heavy (non-hydrogen) atoms. The number of hydrogen-bond acceptors (Lipinski definition) is 3. The van der Waals surface area contributed by atoms with E-state index >= 15 is 0 Å². The molecule has 1 unspecified atom stereocenters. The number of rotatable bonds is 1. The van der Waals surface area contributed by atoms with Gasteiger partial charge in [0, 0.05) is 11.2 Å². The van der Waals surface area contributed by atoms with Gasteiger partial charge in [0.05, 0.1) is 5.25 Å². The highest BCUT2D eigenvalue weighted by Crippen LogP contribution is 2.31. The molecule has 0 radical (unpaired) electrons. The summed E-state index contributed by atoms with van der Waals surface area (Å²) in [5, 5.41) is 2.11. The maximum absolute atomic E-state index is 11.1. The predicted molar refractivity (Wildman–Crippen MR) is 48.9 cm³/mol. The monoisotopic (exact) mass is 187 g/mol. The molecule has 68 valence electrons. The fourth-order valence-electron chi connectivity index (χ4n) is 1.05. The van der Waals surface area contributed by atoms with E-state index in [1.807, 2.05) is 20.8 Å². The fourth-order valence-corrected chi connectivity index (χ4v) is 2.31. The number of nitrogens with one attached hydrogen (secondary N) is 1. The van der Waals surface area contributed by atoms with E-state index in [4.69, 9.17) is 0 Å². The first-order chi connectivity index (χ1) is 5.38. The summed E-state index contributed by atoms with van der Waals surface area (Å²) in [4.78, 5) is 21.9. The van der Waals surface area contributed by atoms with Gasteiger partial charge in [-0.05, 0) is 0 Å². The Morgan fingerprint density at radius 2 is 2.00 bits per heavy atom. The fraction of sp³-hybridized carbons (Fsp3) is 0.750. The van der Waals surface area contributed by atoms with Crippen molar-refractivity contribution in [2.24, 2.45) is 0 Å². The summed E-state index contributed by atoms with van der Waals surface area (Å²) in [7, 11) is 0. The van der Waals surface area contributed by atoms with Gasteiger partial charge in [0.25, 0.3) is 0 Å². The Hall–Kier alpha value is -0.510. The van der Waals surface area contributed by atoms with Crippen molar-refractivity contribution in [3.63, 3.8) is 0 Å². The average Bonchev–Trinajstić information content (AvgIpc) is 2.06. The van der Waals surface area contributed by atoms with Gasteiger partial charge in [-0.15, -0.1) is 11.8 Å². The van der Waals surface area contributed by atoms with Gasteiger partial charge in [0.1, 0.15) is 0 Å². The molecule has 0 bridgehead atoms. The molecule has 0 aliphatic carbocycles. The van der Waals surface area contributed by atoms with Gasteiger partial charge >= 0.3 is 0 Å². The van der Waals surface area contributed by atoms with E-state index in [0.717, 1.165) is 0 Å². The van der Waals surface area contributed by atoms with Crippen molar-refractivity contribution >= 4 is 23.6 Å². The minimum atomic E-state index is -0.183. The Bertz CT molecular complexity index is 220. The predicted octanol–water partition coefficient (Wildman–Crippen LogP) is 0.933. The number of hydrogen-bond donors (Lipinski definition) is 1. The molecule has 4 heteroatoms. The van der Waals surface area contributed by atoms with Gasteiger partial charge in [-0.2, -0.15) is 0 Å². The van der Waals surface area contributed by atoms with Crippen LogP contribution in [0, 0.1) is 0 Å². The van der Waals surface area contributed by atoms with Gasteiger partial charge < -0.3 is 0 Å². The molecule has 2 amide bonds. The van der Waals surface area contributed by atoms with Crippen LogP contribution in [0.1, 0.15) is 27.2 Å². The molecular weight excluding hydrogens is 174 g/mol. The molecule has 1 rings (SSSR count). The van der Waals surface area contributed by atoms with E-state index in [9.17, 15) is 9.59 Å². The zero-order valence-corrected chi connectivity index (χ0v) is 8.33. The van der Waals surface area contributed by atoms with E-state index in [-0.39, 0.29) is 21.8 Å². The van der Waals surface area contributed by atoms with Gasteiger partial charge in [-0.1, -0.05) is 20.8 Å². The second-order valence-corrected chi connectivity index (χ2v) is 5.86. The van der Waals surface area contributed by atoms with Crippen LogP contribution in [0.2, 0.25) is 0 Å². The smallest absolute Gasteiger partial charge is 0.240 e. The highest BCUT2D eigenvalue weighted by Gasteiger charge is 2.33. The third kappa shape index (κ3) is 2.52. The Labute approximate surface area is 76.3 Å². The summed E-state index contributed by atoms with van der Waals surface area (Å²) in [5.41, 5.74) is 0. The minimum absolute atomic E-state index is 0.0344. The quantitative estimate of drug-likeness (QED) is 0.621. The topological polar surface area (TPSA) is 46.2 Å². The molecule has 1 aliphatic heterocycles. The molecule has 1 aliphatic rings. The lowest BCUT2D eigenvalue weighted by Gasteiger charge is -2.20. The lowest BCUT2D eigenvalue weighted by molar-refractivity contribution is -0.124. The summed E-state index contributed by atoms with van der Waals surface area (Å²) in [6, 6.07) is 0. The van der Waals surface area contributed by atoms with Gasteiger partial charge in [-0.25, -0.2) is 0 Å². The average molecular weight is 187 g/mol. The highest BCUT2D eigenvalue weighted by atomic mass is 32.2. The molecular formula is C8H13NO2S. The Morgan fingerprint density at radius 3 is 2.33 bits per heavy atom. The van der Waals surface area contributed by atoms with Crippen LogP contribution in [-0.2, 0) is 9.59 Å². The van der Waals surface area contributed by atoms with Crippen LogP contribution < -0.4 is 5.32 Å². The number of amides is 2. The summed E-state index contributed by atoms with van der Waals surface area (Å²) in [6.45, 7) is 6.11. The lowest BCUT2D eigenvalue weighted by Crippen LogP contribution is -2.25. The first-order valence-electron chi connectivity index (χ1n) is 3.90. The van der Waals surface area contributed by atoms with Gasteiger partial charge in [0.2, 0.25) is 11.8 Å². The third-order valence-corrected chi connectivity index (χ3v) is 2.79. The van der Waals surface area contributed by atoms with Gasteiger partial charge in [0.15, 0.2) is 0 Å². The second kappa shape index (κ2) is 3.09. The highest BCUT2D eigenvalue weighted by molar-refractivity contribution is 8.01. The van der Waals surface area contributed by atoms with Crippen molar-refractivity contribution in [2.45, 2.75) is 37.2 Å². The Kier molecular flexibility index (Phi) is 2.46. The van der Waals surface area contributed by atoms with Crippen LogP contribution in [0.5, 0.6) is 0 Å². The first-order valence-corrected chi connectivity index (χ1v) is 4.78. The van der Waals surface area contributed by atoms with E-state index in [2.05, 4.69) is 5.32 Å². The SMILES string of the molecule is CC(C)(C)SC1CC(=O)NC1=O. The Morgan fingerprint density at radius 1 is 1.42 bits per heavy atom. The van der Waals surface area contributed by atoms with Crippen molar-refractivity contribution in [3.8, 4) is 0 Å². The summed E-state index contributed by atoms with van der Waals surface area (Å²) in [6.07, 6.45) is 0.334. The molecule has 1 fully saturated rings. The maximum Gasteiger partial charge on any atom is 0.240 e. The zero-order valence-electron chi connectivity index (χ0n) is 7.51. The summed E-state index contributed by atoms with van der Waals surface area (Å²) in [5.74, 6) is -0.290. The number of imide groups is 1. The van der Waals surface area contributed by atoms with Gasteiger partial charge in [-0.3, -0.25) is 14.9 Å². The normalized spacial score (nSPS) is 24.4. The van der Waals surface area contributed by atoms with E-state index in [1.165, 1.54) is 0 Å². The van der Waals surface area contributed by atoms with Crippen LogP contribution in [0.25, 0.3) is 0 Å². The van der Waals surface area contributed by atoms with Crippen LogP contribution in [-0.4, -0.2) is 21.8 Å². The van der Waals surface area contributed by atoms with E-state index < -0.39 is 0 Å². The standard InChI is InChI=1S/C8H13NO2S/c1-8(2,3)12-5-4-6(10)9-7(5)11/h5H,4H2,1-3H3,(H,9,10,11). The van der Waals surface area contributed by atoms with Crippen LogP contribution in [0.4, 0.5) is 0 Å². The number of carbonyl (C=O) groups is 2. The van der Waals surface area contributed by atoms with Crippen molar-refractivity contribution in [2.75, 3.05) is 0 Å². The van der Waals surface area contributed by atoms with E-state index in [1.54, 1.807) is 11.8 Å².